The minimum atomic E-state index is -0.363. The lowest BCUT2D eigenvalue weighted by Gasteiger charge is -2.67. The van der Waals surface area contributed by atoms with Crippen LogP contribution in [-0.4, -0.2) is 22.7 Å². The molecule has 0 aromatic heterocycles. The van der Waals surface area contributed by atoms with E-state index in [-0.39, 0.29) is 34.4 Å². The van der Waals surface area contributed by atoms with E-state index in [1.54, 1.807) is 0 Å². The number of carbonyl (C=O) groups is 1. The molecule has 0 saturated heterocycles. The van der Waals surface area contributed by atoms with E-state index in [0.29, 0.717) is 24.6 Å². The zero-order valence-corrected chi connectivity index (χ0v) is 21.3. The molecule has 2 aromatic carbocycles. The zero-order valence-electron chi connectivity index (χ0n) is 21.3. The number of rotatable bonds is 3. The lowest BCUT2D eigenvalue weighted by Crippen LogP contribution is -2.70. The van der Waals surface area contributed by atoms with Crippen molar-refractivity contribution in [2.45, 2.75) is 84.7 Å². The minimum absolute atomic E-state index is 0.0604. The predicted octanol–water partition coefficient (Wildman–Crippen LogP) is 5.42. The zero-order chi connectivity index (χ0) is 24.6. The van der Waals surface area contributed by atoms with E-state index in [9.17, 15) is 9.90 Å². The molecule has 0 bridgehead atoms. The van der Waals surface area contributed by atoms with E-state index in [1.807, 2.05) is 24.3 Å². The fourth-order valence-electron chi connectivity index (χ4n) is 7.80. The van der Waals surface area contributed by atoms with Crippen molar-refractivity contribution < 1.29 is 19.4 Å². The van der Waals surface area contributed by atoms with Crippen LogP contribution >= 0.6 is 0 Å². The monoisotopic (exact) mass is 475 g/mol. The van der Waals surface area contributed by atoms with Gasteiger partial charge in [0.1, 0.15) is 23.7 Å². The fraction of sp³-hybridized carbons (Fsp3) is 0.567. The predicted molar refractivity (Wildman–Crippen MR) is 134 cm³/mol. The Morgan fingerprint density at radius 1 is 1.11 bits per heavy atom. The highest BCUT2D eigenvalue weighted by Gasteiger charge is 2.67. The second-order valence-electron chi connectivity index (χ2n) is 12.2. The first kappa shape index (κ1) is 22.9. The third-order valence-corrected chi connectivity index (χ3v) is 10.2. The number of carbonyl (C=O) groups excluding carboxylic acids is 1. The summed E-state index contributed by atoms with van der Waals surface area (Å²) in [5, 5.41) is 14.0. The standard InChI is InChI=1S/C30H37NO4/c1-18-10-11-24-28(2,3)25(32)12-13-30(24)29(18,4)15-21-23(34-17-19-8-6-5-7-9-19)14-20-22(26(21)35-30)16-31-27(20)33/h5-9,14,18,24-25,32H,10-13,15-17H2,1-4H3,(H,31,33)/t18-,24-,25+,29+,30-/m0/s1. The van der Waals surface area contributed by atoms with E-state index < -0.39 is 0 Å². The molecule has 5 nitrogen and oxygen atoms in total. The lowest BCUT2D eigenvalue weighted by molar-refractivity contribution is -0.233. The van der Waals surface area contributed by atoms with Gasteiger partial charge in [0.25, 0.3) is 5.91 Å². The third-order valence-electron chi connectivity index (χ3n) is 10.2. The number of aliphatic hydroxyl groups excluding tert-OH is 1. The summed E-state index contributed by atoms with van der Waals surface area (Å²) in [5.41, 5.74) is 3.15. The van der Waals surface area contributed by atoms with Gasteiger partial charge in [0.2, 0.25) is 0 Å². The van der Waals surface area contributed by atoms with Gasteiger partial charge in [-0.3, -0.25) is 4.79 Å². The number of hydrogen-bond acceptors (Lipinski definition) is 4. The summed E-state index contributed by atoms with van der Waals surface area (Å²) in [6, 6.07) is 12.1. The van der Waals surface area contributed by atoms with Crippen molar-refractivity contribution in [2.75, 3.05) is 0 Å². The molecular weight excluding hydrogens is 438 g/mol. The number of amides is 1. The number of fused-ring (bicyclic) bond motifs is 3. The van der Waals surface area contributed by atoms with Crippen molar-refractivity contribution >= 4 is 5.91 Å². The van der Waals surface area contributed by atoms with Crippen LogP contribution in [0.1, 0.15) is 80.4 Å². The molecule has 5 atom stereocenters. The molecule has 2 fully saturated rings. The van der Waals surface area contributed by atoms with E-state index in [1.165, 1.54) is 0 Å². The van der Waals surface area contributed by atoms with E-state index in [0.717, 1.165) is 60.3 Å². The molecule has 186 valence electrons. The van der Waals surface area contributed by atoms with Crippen molar-refractivity contribution in [3.8, 4) is 11.5 Å². The van der Waals surface area contributed by atoms with E-state index >= 15 is 0 Å². The Kier molecular flexibility index (Phi) is 5.06. The molecule has 35 heavy (non-hydrogen) atoms. The topological polar surface area (TPSA) is 67.8 Å². The maximum Gasteiger partial charge on any atom is 0.252 e. The van der Waals surface area contributed by atoms with Crippen LogP contribution in [0, 0.1) is 22.7 Å². The highest BCUT2D eigenvalue weighted by molar-refractivity contribution is 6.00. The lowest BCUT2D eigenvalue weighted by atomic mass is 9.43. The average Bonchev–Trinajstić information content (AvgIpc) is 3.21. The normalized spacial score (nSPS) is 34.5. The average molecular weight is 476 g/mol. The molecule has 2 aromatic rings. The molecule has 2 heterocycles. The number of nitrogens with one attached hydrogen (secondary N) is 1. The minimum Gasteiger partial charge on any atom is -0.488 e. The Hall–Kier alpha value is -2.53. The van der Waals surface area contributed by atoms with Gasteiger partial charge in [-0.25, -0.2) is 0 Å². The summed E-state index contributed by atoms with van der Waals surface area (Å²) in [6.45, 7) is 10.1. The second-order valence-corrected chi connectivity index (χ2v) is 12.2. The van der Waals surface area contributed by atoms with Crippen LogP contribution in [0.4, 0.5) is 0 Å². The Bertz CT molecular complexity index is 1170. The van der Waals surface area contributed by atoms with Crippen molar-refractivity contribution in [3.05, 3.63) is 58.7 Å². The molecule has 1 amide bonds. The van der Waals surface area contributed by atoms with Crippen molar-refractivity contribution in [3.63, 3.8) is 0 Å². The largest absolute Gasteiger partial charge is 0.488 e. The van der Waals surface area contributed by atoms with Crippen LogP contribution in [0.15, 0.2) is 36.4 Å². The van der Waals surface area contributed by atoms with Gasteiger partial charge in [-0.2, -0.15) is 0 Å². The van der Waals surface area contributed by atoms with Gasteiger partial charge < -0.3 is 19.9 Å². The summed E-state index contributed by atoms with van der Waals surface area (Å²) >= 11 is 0. The van der Waals surface area contributed by atoms with Gasteiger partial charge in [0.05, 0.1) is 11.7 Å². The number of benzene rings is 2. The van der Waals surface area contributed by atoms with Crippen molar-refractivity contribution in [1.29, 1.82) is 0 Å². The maximum absolute atomic E-state index is 12.7. The highest BCUT2D eigenvalue weighted by Crippen LogP contribution is 2.66. The molecule has 2 aliphatic heterocycles. The van der Waals surface area contributed by atoms with Crippen LogP contribution in [0.3, 0.4) is 0 Å². The van der Waals surface area contributed by atoms with Gasteiger partial charge in [0, 0.05) is 29.0 Å². The number of ether oxygens (including phenoxy) is 2. The Labute approximate surface area is 208 Å². The van der Waals surface area contributed by atoms with Gasteiger partial charge in [-0.15, -0.1) is 0 Å². The molecular formula is C30H37NO4. The highest BCUT2D eigenvalue weighted by atomic mass is 16.5. The van der Waals surface area contributed by atoms with E-state index in [2.05, 4.69) is 45.1 Å². The van der Waals surface area contributed by atoms with Gasteiger partial charge in [-0.1, -0.05) is 58.0 Å². The number of aliphatic hydroxyl groups is 1. The first-order chi connectivity index (χ1) is 16.7. The molecule has 4 aliphatic rings. The SMILES string of the molecule is C[C@H]1CC[C@H]2C(C)(C)[C@H](O)CC[C@]23Oc2c(c(OCc4ccccc4)cc4c2CNC4=O)C[C@]13C. The molecule has 2 N–H and O–H groups in total. The maximum atomic E-state index is 12.7. The number of hydrogen-bond donors (Lipinski definition) is 2. The first-order valence-electron chi connectivity index (χ1n) is 13.2. The first-order valence-corrected chi connectivity index (χ1v) is 13.2. The fourth-order valence-corrected chi connectivity index (χ4v) is 7.80. The summed E-state index contributed by atoms with van der Waals surface area (Å²) in [4.78, 5) is 12.7. The van der Waals surface area contributed by atoms with Crippen LogP contribution in [0.2, 0.25) is 0 Å². The molecule has 1 spiro atoms. The van der Waals surface area contributed by atoms with Crippen molar-refractivity contribution in [1.82, 2.24) is 5.32 Å². The molecule has 2 aliphatic carbocycles. The van der Waals surface area contributed by atoms with E-state index in [4.69, 9.17) is 9.47 Å². The Morgan fingerprint density at radius 3 is 2.66 bits per heavy atom. The van der Waals surface area contributed by atoms with Gasteiger partial charge in [0.15, 0.2) is 0 Å². The smallest absolute Gasteiger partial charge is 0.252 e. The van der Waals surface area contributed by atoms with Crippen LogP contribution in [0.5, 0.6) is 11.5 Å². The van der Waals surface area contributed by atoms with Gasteiger partial charge in [-0.05, 0) is 55.1 Å². The molecule has 0 radical (unpaired) electrons. The van der Waals surface area contributed by atoms with Crippen LogP contribution in [-0.2, 0) is 19.6 Å². The van der Waals surface area contributed by atoms with Crippen LogP contribution in [0.25, 0.3) is 0 Å². The molecule has 5 heteroatoms. The van der Waals surface area contributed by atoms with Crippen LogP contribution < -0.4 is 14.8 Å². The van der Waals surface area contributed by atoms with Gasteiger partial charge >= 0.3 is 0 Å². The third kappa shape index (κ3) is 3.13. The summed E-state index contributed by atoms with van der Waals surface area (Å²) in [7, 11) is 0. The second kappa shape index (κ2) is 7.73. The molecule has 6 rings (SSSR count). The molecule has 2 saturated carbocycles. The Morgan fingerprint density at radius 2 is 1.89 bits per heavy atom. The summed E-state index contributed by atoms with van der Waals surface area (Å²) in [5.74, 6) is 2.29. The Balaban J connectivity index is 1.49. The summed E-state index contributed by atoms with van der Waals surface area (Å²) in [6.07, 6.45) is 4.30. The molecule has 0 unspecified atom stereocenters. The quantitative estimate of drug-likeness (QED) is 0.622. The van der Waals surface area contributed by atoms with Crippen molar-refractivity contribution in [2.24, 2.45) is 22.7 Å². The summed E-state index contributed by atoms with van der Waals surface area (Å²) < 4.78 is 13.7.